The number of hydrogen-bond donors (Lipinski definition) is 0. The van der Waals surface area contributed by atoms with Crippen molar-refractivity contribution in [1.82, 2.24) is 0 Å². The molecule has 0 spiro atoms. The summed E-state index contributed by atoms with van der Waals surface area (Å²) in [5.74, 6) is 2.37. The van der Waals surface area contributed by atoms with Crippen molar-refractivity contribution >= 4 is 8.60 Å². The van der Waals surface area contributed by atoms with Gasteiger partial charge in [0.15, 0.2) is 0 Å². The van der Waals surface area contributed by atoms with Crippen molar-refractivity contribution < 1.29 is 13.6 Å². The average molecular weight is 535 g/mol. The van der Waals surface area contributed by atoms with Gasteiger partial charge in [-0.3, -0.25) is 0 Å². The van der Waals surface area contributed by atoms with Gasteiger partial charge < -0.3 is 13.6 Å². The van der Waals surface area contributed by atoms with Gasteiger partial charge in [-0.15, -0.1) is 0 Å². The van der Waals surface area contributed by atoms with Crippen LogP contribution in [0.5, 0.6) is 17.2 Å². The summed E-state index contributed by atoms with van der Waals surface area (Å²) in [5, 5.41) is 0. The van der Waals surface area contributed by atoms with Gasteiger partial charge in [-0.1, -0.05) is 132 Å². The van der Waals surface area contributed by atoms with Crippen molar-refractivity contribution in [2.75, 3.05) is 0 Å². The summed E-state index contributed by atoms with van der Waals surface area (Å²) in [6, 6.07) is 22.9. The minimum atomic E-state index is -1.83. The quantitative estimate of drug-likeness (QED) is 0.294. The molecular formula is C34H47O3P. The Kier molecular flexibility index (Phi) is 8.64. The first kappa shape index (κ1) is 30.0. The first-order chi connectivity index (χ1) is 17.4. The maximum atomic E-state index is 6.77. The zero-order valence-corrected chi connectivity index (χ0v) is 26.4. The maximum Gasteiger partial charge on any atom is 0.530 e. The van der Waals surface area contributed by atoms with E-state index in [2.05, 4.69) is 126 Å². The number of benzene rings is 3. The van der Waals surface area contributed by atoms with Crippen molar-refractivity contribution in [1.29, 1.82) is 0 Å². The summed E-state index contributed by atoms with van der Waals surface area (Å²) in [7, 11) is -1.83. The van der Waals surface area contributed by atoms with Crippen LogP contribution in [0.25, 0.3) is 0 Å². The van der Waals surface area contributed by atoms with Gasteiger partial charge in [-0.2, -0.15) is 0 Å². The SMILES string of the molecule is CC(C)(C)c1ccc(C(C)(C)C)c(OP(Oc2ccccc2C(C)(C)C)Oc2ccccc2C(C)(C)C)c1. The Morgan fingerprint density at radius 2 is 0.789 bits per heavy atom. The van der Waals surface area contributed by atoms with E-state index < -0.39 is 8.60 Å². The van der Waals surface area contributed by atoms with Crippen molar-refractivity contribution in [3.63, 3.8) is 0 Å². The van der Waals surface area contributed by atoms with Gasteiger partial charge in [-0.25, -0.2) is 0 Å². The molecule has 206 valence electrons. The van der Waals surface area contributed by atoms with Crippen LogP contribution in [-0.4, -0.2) is 0 Å². The zero-order valence-electron chi connectivity index (χ0n) is 25.5. The molecule has 0 radical (unpaired) electrons. The molecule has 3 aromatic rings. The van der Waals surface area contributed by atoms with Gasteiger partial charge in [-0.05, 0) is 45.4 Å². The van der Waals surface area contributed by atoms with E-state index in [1.165, 1.54) is 5.56 Å². The summed E-state index contributed by atoms with van der Waals surface area (Å²) < 4.78 is 20.1. The second-order valence-electron chi connectivity index (χ2n) is 14.2. The highest BCUT2D eigenvalue weighted by Gasteiger charge is 2.31. The van der Waals surface area contributed by atoms with Crippen molar-refractivity contribution in [2.24, 2.45) is 0 Å². The fraction of sp³-hybridized carbons (Fsp3) is 0.471. The molecule has 38 heavy (non-hydrogen) atoms. The molecule has 0 aliphatic rings. The maximum absolute atomic E-state index is 6.77. The van der Waals surface area contributed by atoms with E-state index >= 15 is 0 Å². The highest BCUT2D eigenvalue weighted by molar-refractivity contribution is 7.43. The third-order valence-corrected chi connectivity index (χ3v) is 7.60. The molecule has 0 aliphatic carbocycles. The lowest BCUT2D eigenvalue weighted by Crippen LogP contribution is -2.18. The molecule has 0 bridgehead atoms. The second kappa shape index (κ2) is 10.9. The van der Waals surface area contributed by atoms with Crippen LogP contribution in [0.4, 0.5) is 0 Å². The molecule has 0 saturated carbocycles. The standard InChI is InChI=1S/C34H47O3P/c1-31(2,3)24-21-22-27(34(10,11)12)30(23-24)37-38(35-28-19-15-13-17-25(28)32(4,5)6)36-29-20-16-14-18-26(29)33(7,8)9/h13-23H,1-12H3. The molecule has 0 fully saturated rings. The van der Waals surface area contributed by atoms with Gasteiger partial charge in [0.05, 0.1) is 0 Å². The zero-order chi connectivity index (χ0) is 28.5. The molecular weight excluding hydrogens is 487 g/mol. The van der Waals surface area contributed by atoms with Crippen molar-refractivity contribution in [3.05, 3.63) is 89.0 Å². The monoisotopic (exact) mass is 534 g/mol. The van der Waals surface area contributed by atoms with Crippen LogP contribution in [0.1, 0.15) is 105 Å². The van der Waals surface area contributed by atoms with E-state index in [0.29, 0.717) is 0 Å². The molecule has 0 heterocycles. The molecule has 0 atom stereocenters. The normalized spacial score (nSPS) is 13.0. The Bertz CT molecular complexity index is 1170. The van der Waals surface area contributed by atoms with Crippen LogP contribution in [0.15, 0.2) is 66.7 Å². The van der Waals surface area contributed by atoms with Crippen LogP contribution in [0, 0.1) is 0 Å². The Labute approximate surface area is 232 Å². The highest BCUT2D eigenvalue weighted by Crippen LogP contribution is 2.49. The smallest absolute Gasteiger partial charge is 0.408 e. The molecule has 0 saturated heterocycles. The molecule has 0 N–H and O–H groups in total. The van der Waals surface area contributed by atoms with E-state index in [4.69, 9.17) is 13.6 Å². The number of rotatable bonds is 6. The number of hydrogen-bond acceptors (Lipinski definition) is 3. The van der Waals surface area contributed by atoms with Crippen LogP contribution >= 0.6 is 8.60 Å². The lowest BCUT2D eigenvalue weighted by Gasteiger charge is -2.29. The predicted octanol–water partition coefficient (Wildman–Crippen LogP) is 10.6. The minimum Gasteiger partial charge on any atom is -0.408 e. The van der Waals surface area contributed by atoms with Crippen molar-refractivity contribution in [3.8, 4) is 17.2 Å². The summed E-state index contributed by atoms with van der Waals surface area (Å²) in [4.78, 5) is 0. The fourth-order valence-corrected chi connectivity index (χ4v) is 5.38. The molecule has 0 unspecified atom stereocenters. The molecule has 3 rings (SSSR count). The fourth-order valence-electron chi connectivity index (χ4n) is 4.31. The van der Waals surface area contributed by atoms with Crippen LogP contribution in [-0.2, 0) is 21.7 Å². The minimum absolute atomic E-state index is 0.0172. The second-order valence-corrected chi connectivity index (χ2v) is 15.2. The first-order valence-corrected chi connectivity index (χ1v) is 14.6. The predicted molar refractivity (Wildman–Crippen MR) is 163 cm³/mol. The lowest BCUT2D eigenvalue weighted by molar-refractivity contribution is 0.372. The van der Waals surface area contributed by atoms with Crippen molar-refractivity contribution in [2.45, 2.75) is 105 Å². The highest BCUT2D eigenvalue weighted by atomic mass is 31.2. The van der Waals surface area contributed by atoms with E-state index in [-0.39, 0.29) is 21.7 Å². The van der Waals surface area contributed by atoms with Crippen LogP contribution in [0.2, 0.25) is 0 Å². The van der Waals surface area contributed by atoms with Crippen LogP contribution in [0.3, 0.4) is 0 Å². The molecule has 3 nitrogen and oxygen atoms in total. The summed E-state index contributed by atoms with van der Waals surface area (Å²) in [6.07, 6.45) is 0. The van der Waals surface area contributed by atoms with E-state index in [1.807, 2.05) is 24.3 Å². The average Bonchev–Trinajstić information content (AvgIpc) is 2.77. The first-order valence-electron chi connectivity index (χ1n) is 13.6. The largest absolute Gasteiger partial charge is 0.530 e. The van der Waals surface area contributed by atoms with Gasteiger partial charge in [0.25, 0.3) is 0 Å². The number of para-hydroxylation sites is 2. The van der Waals surface area contributed by atoms with Gasteiger partial charge in [0.2, 0.25) is 0 Å². The molecule has 0 aliphatic heterocycles. The summed E-state index contributed by atoms with van der Waals surface area (Å²) >= 11 is 0. The van der Waals surface area contributed by atoms with E-state index in [1.54, 1.807) is 0 Å². The Hall–Kier alpha value is -2.51. The molecule has 0 amide bonds. The lowest BCUT2D eigenvalue weighted by atomic mass is 9.81. The van der Waals surface area contributed by atoms with Crippen LogP contribution < -0.4 is 13.6 Å². The Morgan fingerprint density at radius 1 is 0.421 bits per heavy atom. The molecule has 0 aromatic heterocycles. The Balaban J connectivity index is 2.14. The van der Waals surface area contributed by atoms with Gasteiger partial charge in [0.1, 0.15) is 17.2 Å². The summed E-state index contributed by atoms with van der Waals surface area (Å²) in [6.45, 7) is 26.4. The molecule has 4 heteroatoms. The van der Waals surface area contributed by atoms with E-state index in [9.17, 15) is 0 Å². The topological polar surface area (TPSA) is 27.7 Å². The third-order valence-electron chi connectivity index (χ3n) is 6.56. The van der Waals surface area contributed by atoms with E-state index in [0.717, 1.165) is 33.9 Å². The third kappa shape index (κ3) is 7.54. The Morgan fingerprint density at radius 3 is 1.18 bits per heavy atom. The van der Waals surface area contributed by atoms with Gasteiger partial charge >= 0.3 is 8.60 Å². The van der Waals surface area contributed by atoms with Gasteiger partial charge in [0, 0.05) is 16.7 Å². The molecule has 3 aromatic carbocycles. The summed E-state index contributed by atoms with van der Waals surface area (Å²) in [5.41, 5.74) is 4.24.